The van der Waals surface area contributed by atoms with E-state index in [1.807, 2.05) is 57.7 Å². The van der Waals surface area contributed by atoms with Gasteiger partial charge < -0.3 is 34.1 Å². The Morgan fingerprint density at radius 3 is 1.27 bits per heavy atom. The number of piperidine rings is 4. The number of aliphatic carboxylic acids is 1. The number of benzene rings is 2. The molecule has 12 rings (SSSR count). The van der Waals surface area contributed by atoms with Gasteiger partial charge in [0.15, 0.2) is 11.4 Å². The number of nitrogens with zero attached hydrogens (tertiary/aromatic N) is 8. The molecule has 2 aromatic carbocycles. The molecule has 4 aliphatic carbocycles. The second kappa shape index (κ2) is 27.3. The van der Waals surface area contributed by atoms with Gasteiger partial charge in [0, 0.05) is 61.2 Å². The second-order valence-electron chi connectivity index (χ2n) is 24.6. The van der Waals surface area contributed by atoms with Gasteiger partial charge in [-0.3, -0.25) is 29.0 Å². The molecule has 0 radical (unpaired) electrons. The molecule has 8 bridgehead atoms. The van der Waals surface area contributed by atoms with Crippen molar-refractivity contribution in [3.63, 3.8) is 0 Å². The van der Waals surface area contributed by atoms with Gasteiger partial charge in [-0.1, -0.05) is 85.9 Å². The number of rotatable bonds is 15. The summed E-state index contributed by atoms with van der Waals surface area (Å²) >= 11 is 0. The van der Waals surface area contributed by atoms with Crippen molar-refractivity contribution >= 4 is 45.4 Å². The van der Waals surface area contributed by atoms with E-state index in [0.29, 0.717) is 54.3 Å². The van der Waals surface area contributed by atoms with Crippen molar-refractivity contribution in [1.82, 2.24) is 28.9 Å². The monoisotopic (exact) mass is 1110 g/mol. The molecule has 2 aromatic heterocycles. The van der Waals surface area contributed by atoms with Crippen molar-refractivity contribution in [1.29, 1.82) is 0 Å². The van der Waals surface area contributed by atoms with Crippen molar-refractivity contribution in [2.75, 3.05) is 20.8 Å². The molecule has 428 valence electrons. The van der Waals surface area contributed by atoms with Gasteiger partial charge >= 0.3 is 41.5 Å². The van der Waals surface area contributed by atoms with E-state index in [-0.39, 0.29) is 101 Å². The maximum Gasteiger partial charge on any atom is 1.00 e. The maximum absolute atomic E-state index is 14.2. The van der Waals surface area contributed by atoms with Crippen molar-refractivity contribution in [3.05, 3.63) is 80.6 Å². The predicted octanol–water partition coefficient (Wildman–Crippen LogP) is 7.58. The first-order valence-electron chi connectivity index (χ1n) is 30.2. The third-order valence-electron chi connectivity index (χ3n) is 19.8. The number of hydrogen-bond acceptors (Lipinski definition) is 14. The summed E-state index contributed by atoms with van der Waals surface area (Å²) in [5.74, 6) is 2.38. The summed E-state index contributed by atoms with van der Waals surface area (Å²) in [6.07, 6.45) is 28.5. The number of fused-ring (bicyclic) bond motifs is 10. The van der Waals surface area contributed by atoms with E-state index in [2.05, 4.69) is 25.1 Å². The number of aromatic nitrogens is 4. The molecule has 4 aromatic rings. The average molecular weight is 1110 g/mol. The van der Waals surface area contributed by atoms with E-state index >= 15 is 0 Å². The third kappa shape index (κ3) is 13.0. The van der Waals surface area contributed by atoms with Crippen LogP contribution in [0, 0.1) is 23.7 Å². The number of carbonyl (C=O) groups is 2. The minimum absolute atomic E-state index is 0. The Bertz CT molecular complexity index is 2930. The van der Waals surface area contributed by atoms with Gasteiger partial charge in [0.2, 0.25) is 0 Å². The quantitative estimate of drug-likeness (QED) is 0.0527. The predicted molar refractivity (Wildman–Crippen MR) is 304 cm³/mol. The van der Waals surface area contributed by atoms with Crippen LogP contribution in [0.3, 0.4) is 0 Å². The standard InChI is InChI=1S/C32H44N4O4.C30H40N4O4.Na.H2O/c1-3-40-30(37)15-14-28(34-39-2)31-32(38)36(29-13-5-4-12-27(29)33-31)26-19-23-10-7-11-24(20-26)35(23)25-17-21-8-6-9-22(16-21)18-25;1-38-32-26(12-13-28(35)36)29-30(37)34(27-11-3-2-10-25(27)31-29)24-17-21-8-5-9-22(18-24)33(21)23-15-19-6-4-7-20(14-19)16-23;;/h4-5,12-13,21-26H,3,6-11,14-20H2,1-2H3;2-3,10-11,19-24H,4-9,12-18H2,1H3,(H,35,36);;1H2/q;;+1;/p-1/t21?,22?,23-,24+,25?,26?;19?,20?,21-,22+,23?,24?;;. The second-order valence-corrected chi connectivity index (χ2v) is 24.6. The zero-order valence-electron chi connectivity index (χ0n) is 48.0. The summed E-state index contributed by atoms with van der Waals surface area (Å²) in [4.78, 5) is 77.1. The first kappa shape index (κ1) is 60.1. The number of esters is 1. The van der Waals surface area contributed by atoms with Crippen LogP contribution in [0.15, 0.2) is 68.4 Å². The fourth-order valence-corrected chi connectivity index (χ4v) is 17.0. The molecule has 6 heterocycles. The normalized spacial score (nSPS) is 30.4. The van der Waals surface area contributed by atoms with Crippen LogP contribution in [0.25, 0.3) is 22.1 Å². The number of oxime groups is 2. The minimum Gasteiger partial charge on any atom is -0.870 e. The van der Waals surface area contributed by atoms with E-state index in [4.69, 9.17) is 19.4 Å². The number of carbonyl (C=O) groups excluding carboxylic acids is 1. The van der Waals surface area contributed by atoms with Gasteiger partial charge in [0.05, 0.1) is 41.5 Å². The molecular formula is C62H85N8NaO9. The fraction of sp³-hybridized carbons (Fsp3) is 0.677. The van der Waals surface area contributed by atoms with E-state index < -0.39 is 5.97 Å². The molecule has 2 N–H and O–H groups in total. The maximum atomic E-state index is 14.2. The van der Waals surface area contributed by atoms with Crippen LogP contribution in [0.4, 0.5) is 0 Å². The van der Waals surface area contributed by atoms with Crippen LogP contribution in [-0.4, -0.2) is 120 Å². The van der Waals surface area contributed by atoms with Crippen LogP contribution in [0.5, 0.6) is 0 Å². The number of carboxylic acids is 1. The van der Waals surface area contributed by atoms with E-state index in [9.17, 15) is 24.3 Å². The van der Waals surface area contributed by atoms with E-state index in [0.717, 1.165) is 71.4 Å². The molecule has 17 nitrogen and oxygen atoms in total. The minimum atomic E-state index is -0.943. The van der Waals surface area contributed by atoms with Crippen molar-refractivity contribution in [2.24, 2.45) is 34.0 Å². The zero-order valence-corrected chi connectivity index (χ0v) is 50.0. The molecule has 0 amide bonds. The van der Waals surface area contributed by atoms with Gasteiger partial charge in [-0.25, -0.2) is 9.97 Å². The molecular weight excluding hydrogens is 1020 g/mol. The zero-order chi connectivity index (χ0) is 53.9. The molecule has 4 saturated heterocycles. The summed E-state index contributed by atoms with van der Waals surface area (Å²) < 4.78 is 9.07. The molecule has 10 atom stereocenters. The Hall–Kier alpha value is -4.52. The van der Waals surface area contributed by atoms with Crippen LogP contribution in [-0.2, 0) is 24.0 Å². The fourth-order valence-electron chi connectivity index (χ4n) is 17.0. The van der Waals surface area contributed by atoms with Gasteiger partial charge in [0.25, 0.3) is 11.1 Å². The first-order valence-corrected chi connectivity index (χ1v) is 30.2. The first-order chi connectivity index (χ1) is 38.1. The molecule has 8 aliphatic rings. The number of ether oxygens (including phenoxy) is 1. The van der Waals surface area contributed by atoms with E-state index in [1.54, 1.807) is 6.92 Å². The van der Waals surface area contributed by atoms with Crippen LogP contribution >= 0.6 is 0 Å². The Balaban J connectivity index is 0.000000189. The van der Waals surface area contributed by atoms with E-state index in [1.165, 1.54) is 130 Å². The molecule has 8 fully saturated rings. The Morgan fingerprint density at radius 1 is 0.525 bits per heavy atom. The SMILES string of the molecule is CCOC(=O)CCC(=NOC)c1nc2ccccc2n(C2C[C@H]3CCC[C@@H](C2)N3C2CC3CCCC(C3)C2)c1=O.CON=C(CCC(=O)O)c1nc2ccccc2n(C2C[C@H]3CCC[C@@H](C2)N3C2CC3CCCC(C3)C2)c1=O.[Na+].[OH-]. The van der Waals surface area contributed by atoms with Crippen LogP contribution < -0.4 is 40.7 Å². The summed E-state index contributed by atoms with van der Waals surface area (Å²) in [6.45, 7) is 2.10. The Kier molecular flexibility index (Phi) is 20.5. The largest absolute Gasteiger partial charge is 1.00 e. The molecule has 18 heteroatoms. The topological polar surface area (TPSA) is 213 Å². The average Bonchev–Trinajstić information content (AvgIpc) is 3.54. The Labute approximate surface area is 493 Å². The van der Waals surface area contributed by atoms with Gasteiger partial charge in [-0.15, -0.1) is 0 Å². The summed E-state index contributed by atoms with van der Waals surface area (Å²) in [6, 6.07) is 19.4. The van der Waals surface area contributed by atoms with Crippen molar-refractivity contribution in [3.8, 4) is 0 Å². The van der Waals surface area contributed by atoms with Gasteiger partial charge in [0.1, 0.15) is 25.6 Å². The summed E-state index contributed by atoms with van der Waals surface area (Å²) in [5, 5.41) is 17.5. The molecule has 6 unspecified atom stereocenters. The summed E-state index contributed by atoms with van der Waals surface area (Å²) in [7, 11) is 2.87. The third-order valence-corrected chi connectivity index (χ3v) is 19.8. The smallest absolute Gasteiger partial charge is 0.870 e. The summed E-state index contributed by atoms with van der Waals surface area (Å²) in [5.41, 5.74) is 4.07. The van der Waals surface area contributed by atoms with Crippen LogP contribution in [0.2, 0.25) is 0 Å². The number of carboxylic acid groups (broad SMARTS) is 1. The van der Waals surface area contributed by atoms with Gasteiger partial charge in [-0.05, 0) is 145 Å². The van der Waals surface area contributed by atoms with Crippen molar-refractivity contribution in [2.45, 2.75) is 222 Å². The molecule has 4 saturated carbocycles. The van der Waals surface area contributed by atoms with Gasteiger partial charge in [-0.2, -0.15) is 0 Å². The Morgan fingerprint density at radius 2 is 0.900 bits per heavy atom. The number of para-hydroxylation sites is 4. The van der Waals surface area contributed by atoms with Crippen molar-refractivity contribution < 1.29 is 64.1 Å². The molecule has 4 aliphatic heterocycles. The van der Waals surface area contributed by atoms with Crippen LogP contribution in [0.1, 0.15) is 197 Å². The molecule has 0 spiro atoms. The number of hydrogen-bond donors (Lipinski definition) is 1. The molecule has 80 heavy (non-hydrogen) atoms.